The van der Waals surface area contributed by atoms with Crippen LogP contribution in [0.25, 0.3) is 21.3 Å². The van der Waals surface area contributed by atoms with Crippen LogP contribution in [0, 0.1) is 12.7 Å². The van der Waals surface area contributed by atoms with Crippen LogP contribution in [0.5, 0.6) is 0 Å². The lowest BCUT2D eigenvalue weighted by molar-refractivity contribution is 0.0697. The Balaban J connectivity index is 1.81. The molecular formula is C20H14FN3O2S. The number of fused-ring (bicyclic) bond motifs is 1. The van der Waals surface area contributed by atoms with Crippen LogP contribution < -0.4 is 5.32 Å². The number of halogens is 1. The lowest BCUT2D eigenvalue weighted by Gasteiger charge is -2.09. The molecule has 0 aliphatic heterocycles. The molecule has 134 valence electrons. The van der Waals surface area contributed by atoms with Crippen molar-refractivity contribution in [1.29, 1.82) is 0 Å². The first kappa shape index (κ1) is 17.1. The number of aromatic carboxylic acids is 1. The number of carboxylic acid groups (broad SMARTS) is 1. The van der Waals surface area contributed by atoms with E-state index in [9.17, 15) is 9.18 Å². The van der Waals surface area contributed by atoms with Crippen molar-refractivity contribution < 1.29 is 14.3 Å². The third-order valence-electron chi connectivity index (χ3n) is 4.19. The van der Waals surface area contributed by atoms with Gasteiger partial charge in [-0.15, -0.1) is 11.3 Å². The minimum Gasteiger partial charge on any atom is -0.478 e. The van der Waals surface area contributed by atoms with Crippen LogP contribution in [0.3, 0.4) is 0 Å². The maximum Gasteiger partial charge on any atom is 0.335 e. The van der Waals surface area contributed by atoms with E-state index in [0.717, 1.165) is 26.2 Å². The lowest BCUT2D eigenvalue weighted by Crippen LogP contribution is -1.98. The molecule has 0 fully saturated rings. The molecule has 7 heteroatoms. The van der Waals surface area contributed by atoms with Gasteiger partial charge in [0.15, 0.2) is 0 Å². The molecule has 2 heterocycles. The fourth-order valence-corrected chi connectivity index (χ4v) is 3.95. The third-order valence-corrected chi connectivity index (χ3v) is 5.21. The highest BCUT2D eigenvalue weighted by Crippen LogP contribution is 2.40. The van der Waals surface area contributed by atoms with Crippen molar-refractivity contribution in [1.82, 2.24) is 9.97 Å². The predicted molar refractivity (Wildman–Crippen MR) is 104 cm³/mol. The summed E-state index contributed by atoms with van der Waals surface area (Å²) < 4.78 is 13.3. The molecule has 0 saturated heterocycles. The molecule has 0 saturated carbocycles. The molecule has 0 amide bonds. The highest BCUT2D eigenvalue weighted by atomic mass is 32.1. The summed E-state index contributed by atoms with van der Waals surface area (Å²) in [5, 5.41) is 13.1. The Kier molecular flexibility index (Phi) is 4.29. The van der Waals surface area contributed by atoms with Crippen molar-refractivity contribution in [2.24, 2.45) is 0 Å². The molecule has 0 unspecified atom stereocenters. The highest BCUT2D eigenvalue weighted by molar-refractivity contribution is 7.19. The van der Waals surface area contributed by atoms with E-state index in [4.69, 9.17) is 5.11 Å². The largest absolute Gasteiger partial charge is 0.478 e. The van der Waals surface area contributed by atoms with Gasteiger partial charge in [0.05, 0.1) is 10.9 Å². The van der Waals surface area contributed by atoms with E-state index in [0.29, 0.717) is 11.5 Å². The van der Waals surface area contributed by atoms with Gasteiger partial charge in [-0.3, -0.25) is 0 Å². The Hall–Kier alpha value is -3.32. The van der Waals surface area contributed by atoms with Gasteiger partial charge >= 0.3 is 5.97 Å². The van der Waals surface area contributed by atoms with Crippen molar-refractivity contribution in [3.05, 3.63) is 71.1 Å². The number of aromatic nitrogens is 2. The molecule has 5 nitrogen and oxygen atoms in total. The maximum atomic E-state index is 13.3. The zero-order chi connectivity index (χ0) is 19.0. The summed E-state index contributed by atoms with van der Waals surface area (Å²) in [6.07, 6.45) is 1.49. The van der Waals surface area contributed by atoms with Gasteiger partial charge in [-0.25, -0.2) is 19.2 Å². The minimum atomic E-state index is -0.974. The number of carboxylic acids is 1. The number of aryl methyl sites for hydroxylation is 1. The molecule has 4 aromatic rings. The molecule has 0 spiro atoms. The normalized spacial score (nSPS) is 10.9. The molecule has 0 bridgehead atoms. The van der Waals surface area contributed by atoms with Gasteiger partial charge in [0.25, 0.3) is 0 Å². The Labute approximate surface area is 158 Å². The third kappa shape index (κ3) is 3.24. The van der Waals surface area contributed by atoms with E-state index in [1.54, 1.807) is 35.6 Å². The standard InChI is InChI=1S/C20H14FN3O2S/c1-11-16(12-2-6-14(21)7-3-12)17-18(22-10-23-19(17)27-11)24-15-8-4-13(5-9-15)20(25)26/h2-10H,1H3,(H,25,26)(H,22,23,24). The first-order valence-corrected chi connectivity index (χ1v) is 8.95. The molecule has 0 aliphatic rings. The van der Waals surface area contributed by atoms with Crippen molar-refractivity contribution in [3.63, 3.8) is 0 Å². The monoisotopic (exact) mass is 379 g/mol. The lowest BCUT2D eigenvalue weighted by atomic mass is 10.0. The Morgan fingerprint density at radius 2 is 1.78 bits per heavy atom. The number of thiophene rings is 1. The van der Waals surface area contributed by atoms with Crippen LogP contribution >= 0.6 is 11.3 Å². The highest BCUT2D eigenvalue weighted by Gasteiger charge is 2.17. The van der Waals surface area contributed by atoms with Crippen LogP contribution in [0.15, 0.2) is 54.9 Å². The van der Waals surface area contributed by atoms with Gasteiger partial charge in [0.2, 0.25) is 0 Å². The number of hydrogen-bond acceptors (Lipinski definition) is 5. The molecule has 2 aromatic carbocycles. The number of benzene rings is 2. The molecule has 0 aliphatic carbocycles. The summed E-state index contributed by atoms with van der Waals surface area (Å²) in [6.45, 7) is 2.00. The zero-order valence-corrected chi connectivity index (χ0v) is 15.0. The number of rotatable bonds is 4. The Morgan fingerprint density at radius 3 is 2.44 bits per heavy atom. The van der Waals surface area contributed by atoms with Crippen LogP contribution in [-0.2, 0) is 0 Å². The Morgan fingerprint density at radius 1 is 1.07 bits per heavy atom. The summed E-state index contributed by atoms with van der Waals surface area (Å²) >= 11 is 1.55. The van der Waals surface area contributed by atoms with E-state index >= 15 is 0 Å². The van der Waals surface area contributed by atoms with E-state index in [-0.39, 0.29) is 11.4 Å². The summed E-state index contributed by atoms with van der Waals surface area (Å²) in [6, 6.07) is 12.8. The molecule has 0 atom stereocenters. The quantitative estimate of drug-likeness (QED) is 0.507. The van der Waals surface area contributed by atoms with Gasteiger partial charge in [0, 0.05) is 16.1 Å². The molecule has 2 aromatic heterocycles. The van der Waals surface area contributed by atoms with Gasteiger partial charge in [-0.05, 0) is 48.9 Å². The second-order valence-electron chi connectivity index (χ2n) is 5.95. The first-order chi connectivity index (χ1) is 13.0. The molecule has 0 radical (unpaired) electrons. The fourth-order valence-electron chi connectivity index (χ4n) is 2.94. The molecular weight excluding hydrogens is 365 g/mol. The number of carbonyl (C=O) groups is 1. The maximum absolute atomic E-state index is 13.3. The van der Waals surface area contributed by atoms with Crippen LogP contribution in [-0.4, -0.2) is 21.0 Å². The number of nitrogens with one attached hydrogen (secondary N) is 1. The van der Waals surface area contributed by atoms with Crippen molar-refractivity contribution in [2.45, 2.75) is 6.92 Å². The number of anilines is 2. The summed E-state index contributed by atoms with van der Waals surface area (Å²) in [5.41, 5.74) is 2.78. The van der Waals surface area contributed by atoms with Crippen LogP contribution in [0.4, 0.5) is 15.9 Å². The summed E-state index contributed by atoms with van der Waals surface area (Å²) in [4.78, 5) is 21.6. The van der Waals surface area contributed by atoms with Crippen LogP contribution in [0.1, 0.15) is 15.2 Å². The number of hydrogen-bond donors (Lipinski definition) is 2. The second-order valence-corrected chi connectivity index (χ2v) is 7.15. The van der Waals surface area contributed by atoms with E-state index in [1.165, 1.54) is 30.6 Å². The fraction of sp³-hybridized carbons (Fsp3) is 0.0500. The van der Waals surface area contributed by atoms with Gasteiger partial charge in [-0.1, -0.05) is 12.1 Å². The molecule has 27 heavy (non-hydrogen) atoms. The van der Waals surface area contributed by atoms with Crippen molar-refractivity contribution >= 4 is 39.0 Å². The molecule has 2 N–H and O–H groups in total. The zero-order valence-electron chi connectivity index (χ0n) is 14.2. The smallest absolute Gasteiger partial charge is 0.335 e. The van der Waals surface area contributed by atoms with Gasteiger partial charge in [-0.2, -0.15) is 0 Å². The average molecular weight is 379 g/mol. The van der Waals surface area contributed by atoms with Crippen molar-refractivity contribution in [2.75, 3.05) is 5.32 Å². The van der Waals surface area contributed by atoms with Gasteiger partial charge in [0.1, 0.15) is 22.8 Å². The first-order valence-electron chi connectivity index (χ1n) is 8.13. The topological polar surface area (TPSA) is 75.1 Å². The van der Waals surface area contributed by atoms with Crippen LogP contribution in [0.2, 0.25) is 0 Å². The number of nitrogens with zero attached hydrogens (tertiary/aromatic N) is 2. The van der Waals surface area contributed by atoms with E-state index in [2.05, 4.69) is 15.3 Å². The predicted octanol–water partition coefficient (Wildman–Crippen LogP) is 5.25. The average Bonchev–Trinajstić information content (AvgIpc) is 3.00. The summed E-state index contributed by atoms with van der Waals surface area (Å²) in [5.74, 6) is -0.645. The summed E-state index contributed by atoms with van der Waals surface area (Å²) in [7, 11) is 0. The Bertz CT molecular complexity index is 1140. The second kappa shape index (κ2) is 6.77. The SMILES string of the molecule is Cc1sc2ncnc(Nc3ccc(C(=O)O)cc3)c2c1-c1ccc(F)cc1. The molecule has 4 rings (SSSR count). The minimum absolute atomic E-state index is 0.215. The van der Waals surface area contributed by atoms with E-state index in [1.807, 2.05) is 6.92 Å². The van der Waals surface area contributed by atoms with Gasteiger partial charge < -0.3 is 10.4 Å². The van der Waals surface area contributed by atoms with Crippen molar-refractivity contribution in [3.8, 4) is 11.1 Å². The van der Waals surface area contributed by atoms with E-state index < -0.39 is 5.97 Å².